The van der Waals surface area contributed by atoms with Crippen LogP contribution in [0.15, 0.2) is 41.0 Å². The quantitative estimate of drug-likeness (QED) is 0.734. The Kier molecular flexibility index (Phi) is 6.87. The first-order valence-corrected chi connectivity index (χ1v) is 8.17. The number of furan rings is 1. The van der Waals surface area contributed by atoms with Crippen LogP contribution < -0.4 is 16.0 Å². The van der Waals surface area contributed by atoms with Crippen molar-refractivity contribution >= 4 is 47.2 Å². The molecule has 1 aromatic carbocycles. The third kappa shape index (κ3) is 5.22. The average molecular weight is 384 g/mol. The van der Waals surface area contributed by atoms with Gasteiger partial charge >= 0.3 is 0 Å². The minimum atomic E-state index is -0.383. The zero-order valence-electron chi connectivity index (χ0n) is 13.4. The van der Waals surface area contributed by atoms with Gasteiger partial charge in [0.2, 0.25) is 5.91 Å². The molecule has 25 heavy (non-hydrogen) atoms. The Labute approximate surface area is 156 Å². The van der Waals surface area contributed by atoms with E-state index in [0.29, 0.717) is 22.8 Å². The summed E-state index contributed by atoms with van der Waals surface area (Å²) in [6.45, 7) is 0.966. The molecule has 0 saturated carbocycles. The highest BCUT2D eigenvalue weighted by Crippen LogP contribution is 2.26. The number of anilines is 2. The molecule has 2 aromatic rings. The summed E-state index contributed by atoms with van der Waals surface area (Å²) in [7, 11) is 0. The summed E-state index contributed by atoms with van der Waals surface area (Å²) < 4.78 is 5.03. The van der Waals surface area contributed by atoms with Gasteiger partial charge in [0, 0.05) is 18.2 Å². The van der Waals surface area contributed by atoms with Gasteiger partial charge in [0.05, 0.1) is 17.0 Å². The molecule has 6 nitrogen and oxygen atoms in total. The third-order valence-electron chi connectivity index (χ3n) is 3.84. The van der Waals surface area contributed by atoms with Crippen LogP contribution in [0, 0.1) is 0 Å². The predicted molar refractivity (Wildman–Crippen MR) is 99.6 cm³/mol. The minimum absolute atomic E-state index is 0. The Bertz CT molecular complexity index is 729. The summed E-state index contributed by atoms with van der Waals surface area (Å²) in [5, 5.41) is 9.11. The molecule has 0 radical (unpaired) electrons. The fraction of sp³-hybridized carbons (Fsp3) is 0.294. The van der Waals surface area contributed by atoms with Gasteiger partial charge in [0.1, 0.15) is 0 Å². The number of benzene rings is 1. The second-order valence-electron chi connectivity index (χ2n) is 5.67. The molecule has 1 saturated heterocycles. The van der Waals surface area contributed by atoms with E-state index in [9.17, 15) is 9.59 Å². The summed E-state index contributed by atoms with van der Waals surface area (Å²) in [6, 6.07) is 8.39. The average Bonchev–Trinajstić information content (AvgIpc) is 3.23. The largest absolute Gasteiger partial charge is 0.459 e. The number of amides is 2. The molecule has 3 rings (SSSR count). The Balaban J connectivity index is 0.00000225. The van der Waals surface area contributed by atoms with Crippen molar-refractivity contribution < 1.29 is 14.0 Å². The highest BCUT2D eigenvalue weighted by Gasteiger charge is 2.18. The van der Waals surface area contributed by atoms with Crippen molar-refractivity contribution in [2.75, 3.05) is 17.2 Å². The van der Waals surface area contributed by atoms with Gasteiger partial charge in [0.15, 0.2) is 5.76 Å². The van der Waals surface area contributed by atoms with Gasteiger partial charge in [-0.2, -0.15) is 0 Å². The number of carbonyl (C=O) groups is 2. The van der Waals surface area contributed by atoms with E-state index in [1.54, 1.807) is 30.3 Å². The molecular formula is C17H19Cl2N3O3. The zero-order valence-corrected chi connectivity index (χ0v) is 15.0. The zero-order chi connectivity index (χ0) is 16.9. The van der Waals surface area contributed by atoms with Crippen LogP contribution in [0.25, 0.3) is 0 Å². The first-order chi connectivity index (χ1) is 11.6. The normalized spacial score (nSPS) is 16.1. The van der Waals surface area contributed by atoms with E-state index < -0.39 is 0 Å². The molecule has 0 bridgehead atoms. The summed E-state index contributed by atoms with van der Waals surface area (Å²) in [4.78, 5) is 24.0. The van der Waals surface area contributed by atoms with Crippen molar-refractivity contribution in [2.45, 2.75) is 25.3 Å². The maximum atomic E-state index is 12.0. The maximum absolute atomic E-state index is 12.0. The van der Waals surface area contributed by atoms with Crippen molar-refractivity contribution in [3.05, 3.63) is 47.4 Å². The van der Waals surface area contributed by atoms with E-state index in [1.807, 2.05) is 0 Å². The molecule has 0 aliphatic carbocycles. The fourth-order valence-corrected chi connectivity index (χ4v) is 2.88. The van der Waals surface area contributed by atoms with Gasteiger partial charge in [0.25, 0.3) is 5.91 Å². The molecule has 134 valence electrons. The number of hydrogen-bond donors (Lipinski definition) is 3. The molecule has 1 aliphatic rings. The summed E-state index contributed by atoms with van der Waals surface area (Å²) in [6.07, 6.45) is 3.99. The van der Waals surface area contributed by atoms with Gasteiger partial charge < -0.3 is 20.4 Å². The Morgan fingerprint density at radius 2 is 2.12 bits per heavy atom. The molecular weight excluding hydrogens is 365 g/mol. The summed E-state index contributed by atoms with van der Waals surface area (Å²) in [5.41, 5.74) is 1.05. The number of rotatable bonds is 5. The second kappa shape index (κ2) is 8.89. The lowest BCUT2D eigenvalue weighted by molar-refractivity contribution is -0.116. The first kappa shape index (κ1) is 19.3. The Morgan fingerprint density at radius 3 is 2.76 bits per heavy atom. The van der Waals surface area contributed by atoms with Gasteiger partial charge in [-0.15, -0.1) is 12.4 Å². The van der Waals surface area contributed by atoms with Gasteiger partial charge in [-0.05, 0) is 49.7 Å². The lowest BCUT2D eigenvalue weighted by atomic mass is 10.1. The van der Waals surface area contributed by atoms with Crippen LogP contribution in [-0.4, -0.2) is 24.4 Å². The number of carbonyl (C=O) groups excluding carboxylic acids is 2. The van der Waals surface area contributed by atoms with E-state index in [0.717, 1.165) is 19.4 Å². The molecule has 1 unspecified atom stereocenters. The minimum Gasteiger partial charge on any atom is -0.459 e. The van der Waals surface area contributed by atoms with Crippen LogP contribution in [0.1, 0.15) is 29.8 Å². The molecule has 2 heterocycles. The molecule has 2 amide bonds. The smallest absolute Gasteiger partial charge is 0.291 e. The van der Waals surface area contributed by atoms with Crippen molar-refractivity contribution in [1.29, 1.82) is 0 Å². The molecule has 3 N–H and O–H groups in total. The van der Waals surface area contributed by atoms with Gasteiger partial charge in [-0.25, -0.2) is 0 Å². The number of hydrogen-bond acceptors (Lipinski definition) is 4. The van der Waals surface area contributed by atoms with Crippen LogP contribution in [0.5, 0.6) is 0 Å². The van der Waals surface area contributed by atoms with Gasteiger partial charge in [-0.1, -0.05) is 11.6 Å². The van der Waals surface area contributed by atoms with Crippen molar-refractivity contribution in [2.24, 2.45) is 0 Å². The monoisotopic (exact) mass is 383 g/mol. The molecule has 0 spiro atoms. The lowest BCUT2D eigenvalue weighted by Crippen LogP contribution is -2.27. The highest BCUT2D eigenvalue weighted by molar-refractivity contribution is 6.34. The van der Waals surface area contributed by atoms with E-state index in [2.05, 4.69) is 16.0 Å². The molecule has 1 aliphatic heterocycles. The van der Waals surface area contributed by atoms with Crippen LogP contribution in [0.4, 0.5) is 11.4 Å². The van der Waals surface area contributed by atoms with Gasteiger partial charge in [-0.3, -0.25) is 9.59 Å². The predicted octanol–water partition coefficient (Wildman–Crippen LogP) is 3.69. The maximum Gasteiger partial charge on any atom is 0.291 e. The van der Waals surface area contributed by atoms with Crippen molar-refractivity contribution in [3.8, 4) is 0 Å². The van der Waals surface area contributed by atoms with Crippen molar-refractivity contribution in [1.82, 2.24) is 5.32 Å². The topological polar surface area (TPSA) is 83.4 Å². The molecule has 8 heteroatoms. The van der Waals surface area contributed by atoms with E-state index in [4.69, 9.17) is 16.0 Å². The standard InChI is InChI=1S/C17H18ClN3O3.ClH/c18-13-9-12(20-16(22)10-11-3-1-7-19-11)5-6-14(13)21-17(23)15-4-2-8-24-15;/h2,4-6,8-9,11,19H,1,3,7,10H2,(H,20,22)(H,21,23);1H. The van der Waals surface area contributed by atoms with E-state index in [-0.39, 0.29) is 36.0 Å². The summed E-state index contributed by atoms with van der Waals surface area (Å²) in [5.74, 6) is -0.239. The fourth-order valence-electron chi connectivity index (χ4n) is 2.65. The number of nitrogens with one attached hydrogen (secondary N) is 3. The van der Waals surface area contributed by atoms with Crippen LogP contribution >= 0.6 is 24.0 Å². The Morgan fingerprint density at radius 1 is 1.28 bits per heavy atom. The first-order valence-electron chi connectivity index (χ1n) is 7.79. The molecule has 1 atom stereocenters. The molecule has 1 fully saturated rings. The molecule has 1 aromatic heterocycles. The van der Waals surface area contributed by atoms with Crippen LogP contribution in [0.2, 0.25) is 5.02 Å². The SMILES string of the molecule is Cl.O=C(CC1CCCN1)Nc1ccc(NC(=O)c2ccco2)c(Cl)c1. The summed E-state index contributed by atoms with van der Waals surface area (Å²) >= 11 is 6.18. The Hall–Kier alpha value is -2.02. The third-order valence-corrected chi connectivity index (χ3v) is 4.15. The van der Waals surface area contributed by atoms with Crippen molar-refractivity contribution in [3.63, 3.8) is 0 Å². The lowest BCUT2D eigenvalue weighted by Gasteiger charge is -2.12. The highest BCUT2D eigenvalue weighted by atomic mass is 35.5. The van der Waals surface area contributed by atoms with Crippen LogP contribution in [-0.2, 0) is 4.79 Å². The van der Waals surface area contributed by atoms with Crippen LogP contribution in [0.3, 0.4) is 0 Å². The number of halogens is 2. The van der Waals surface area contributed by atoms with E-state index >= 15 is 0 Å². The second-order valence-corrected chi connectivity index (χ2v) is 6.08. The van der Waals surface area contributed by atoms with E-state index in [1.165, 1.54) is 6.26 Å².